The zero-order valence-electron chi connectivity index (χ0n) is 21.1. The Morgan fingerprint density at radius 1 is 1.11 bits per heavy atom. The van der Waals surface area contributed by atoms with Gasteiger partial charge in [-0.3, -0.25) is 14.5 Å². The average molecular weight is 531 g/mol. The van der Waals surface area contributed by atoms with E-state index in [1.165, 1.54) is 11.8 Å². The molecule has 0 bridgehead atoms. The summed E-state index contributed by atoms with van der Waals surface area (Å²) in [6.07, 6.45) is 5.64. The zero-order valence-corrected chi connectivity index (χ0v) is 22.8. The van der Waals surface area contributed by atoms with Gasteiger partial charge >= 0.3 is 11.9 Å². The van der Waals surface area contributed by atoms with Gasteiger partial charge < -0.3 is 14.0 Å². The van der Waals surface area contributed by atoms with Crippen molar-refractivity contribution in [2.75, 3.05) is 13.2 Å². The minimum atomic E-state index is -1.000. The molecule has 8 nitrogen and oxygen atoms in total. The first kappa shape index (κ1) is 26.2. The maximum absolute atomic E-state index is 13.0. The van der Waals surface area contributed by atoms with Crippen LogP contribution in [0.15, 0.2) is 11.0 Å². The molecule has 10 heteroatoms. The van der Waals surface area contributed by atoms with E-state index in [0.29, 0.717) is 12.2 Å². The highest BCUT2D eigenvalue weighted by Gasteiger charge is 2.41. The number of amides is 2. The van der Waals surface area contributed by atoms with Gasteiger partial charge in [0, 0.05) is 16.3 Å². The Bertz CT molecular complexity index is 1270. The number of imide groups is 1. The third-order valence-corrected chi connectivity index (χ3v) is 8.59. The van der Waals surface area contributed by atoms with E-state index in [2.05, 4.69) is 0 Å². The van der Waals surface area contributed by atoms with E-state index in [-0.39, 0.29) is 17.5 Å². The highest BCUT2D eigenvalue weighted by atomic mass is 32.2. The van der Waals surface area contributed by atoms with Crippen molar-refractivity contribution in [2.24, 2.45) is 0 Å². The largest absolute Gasteiger partial charge is 0.464 e. The highest BCUT2D eigenvalue weighted by molar-refractivity contribution is 8.18. The van der Waals surface area contributed by atoms with Crippen molar-refractivity contribution >= 4 is 52.3 Å². The minimum Gasteiger partial charge on any atom is -0.464 e. The van der Waals surface area contributed by atoms with Crippen LogP contribution < -0.4 is 0 Å². The van der Waals surface area contributed by atoms with E-state index in [1.807, 2.05) is 24.5 Å². The van der Waals surface area contributed by atoms with Crippen molar-refractivity contribution in [1.29, 1.82) is 0 Å². The van der Waals surface area contributed by atoms with Gasteiger partial charge in [-0.1, -0.05) is 0 Å². The van der Waals surface area contributed by atoms with Gasteiger partial charge in [0.1, 0.15) is 11.0 Å². The molecule has 2 amide bonds. The Morgan fingerprint density at radius 3 is 2.50 bits per heavy atom. The van der Waals surface area contributed by atoms with Crippen molar-refractivity contribution in [2.45, 2.75) is 66.3 Å². The molecule has 2 aromatic rings. The Kier molecular flexibility index (Phi) is 7.75. The summed E-state index contributed by atoms with van der Waals surface area (Å²) < 4.78 is 12.4. The molecule has 0 spiro atoms. The Balaban J connectivity index is 1.73. The molecule has 2 aromatic heterocycles. The molecule has 1 aliphatic carbocycles. The number of hydrogen-bond acceptors (Lipinski definition) is 8. The van der Waals surface area contributed by atoms with E-state index < -0.39 is 23.2 Å². The molecular weight excluding hydrogens is 500 g/mol. The van der Waals surface area contributed by atoms with Crippen molar-refractivity contribution in [3.8, 4) is 5.00 Å². The van der Waals surface area contributed by atoms with Crippen LogP contribution in [0.25, 0.3) is 11.1 Å². The lowest BCUT2D eigenvalue weighted by Gasteiger charge is -2.19. The fourth-order valence-corrected chi connectivity index (χ4v) is 7.08. The molecule has 0 N–H and O–H groups in total. The van der Waals surface area contributed by atoms with Gasteiger partial charge in [-0.05, 0) is 95.3 Å². The van der Waals surface area contributed by atoms with E-state index in [9.17, 15) is 19.2 Å². The van der Waals surface area contributed by atoms with Crippen LogP contribution in [0.2, 0.25) is 0 Å². The van der Waals surface area contributed by atoms with Crippen LogP contribution in [0.3, 0.4) is 0 Å². The Hall–Kier alpha value is -2.85. The van der Waals surface area contributed by atoms with Gasteiger partial charge in [0.05, 0.1) is 23.7 Å². The second-order valence-electron chi connectivity index (χ2n) is 8.75. The number of carbonyl (C=O) groups is 4. The number of fused-ring (bicyclic) bond motifs is 1. The van der Waals surface area contributed by atoms with Gasteiger partial charge in [-0.2, -0.15) is 0 Å². The molecule has 2 aliphatic rings. The van der Waals surface area contributed by atoms with Gasteiger partial charge in [0.2, 0.25) is 0 Å². The number of ether oxygens (including phenoxy) is 2. The fourth-order valence-electron chi connectivity index (χ4n) is 4.69. The topological polar surface area (TPSA) is 94.9 Å². The molecule has 0 saturated carbocycles. The van der Waals surface area contributed by atoms with E-state index in [0.717, 1.165) is 69.9 Å². The van der Waals surface area contributed by atoms with Crippen LogP contribution in [0.5, 0.6) is 0 Å². The summed E-state index contributed by atoms with van der Waals surface area (Å²) in [4.78, 5) is 53.1. The third kappa shape index (κ3) is 4.64. The van der Waals surface area contributed by atoms with Gasteiger partial charge in [0.15, 0.2) is 0 Å². The van der Waals surface area contributed by atoms with Crippen molar-refractivity contribution < 1.29 is 28.7 Å². The molecule has 192 valence electrons. The lowest BCUT2D eigenvalue weighted by molar-refractivity contribution is -0.150. The zero-order chi connectivity index (χ0) is 26.1. The normalized spacial score (nSPS) is 17.5. The quantitative estimate of drug-likeness (QED) is 0.359. The molecule has 4 rings (SSSR count). The monoisotopic (exact) mass is 530 g/mol. The van der Waals surface area contributed by atoms with Crippen LogP contribution in [-0.4, -0.2) is 51.8 Å². The number of nitrogens with zero attached hydrogens (tertiary/aromatic N) is 2. The summed E-state index contributed by atoms with van der Waals surface area (Å²) in [5, 5.41) is 0.329. The molecule has 3 heterocycles. The van der Waals surface area contributed by atoms with Gasteiger partial charge in [-0.25, -0.2) is 9.59 Å². The fraction of sp³-hybridized carbons (Fsp3) is 0.462. The summed E-state index contributed by atoms with van der Waals surface area (Å²) in [7, 11) is 0. The van der Waals surface area contributed by atoms with Crippen LogP contribution >= 0.6 is 23.1 Å². The SMILES string of the molecule is CCOC(=O)c1c(-n2c(C)cc(/C=C3/SC(=O)N([C@@H](C)C(=O)OCC)C3=O)c2C)sc2c1CCCC2. The Labute approximate surface area is 218 Å². The lowest BCUT2D eigenvalue weighted by atomic mass is 9.95. The third-order valence-electron chi connectivity index (χ3n) is 6.43. The molecule has 1 atom stereocenters. The number of aromatic nitrogens is 1. The number of thiophene rings is 1. The number of esters is 2. The van der Waals surface area contributed by atoms with Gasteiger partial charge in [0.25, 0.3) is 11.1 Å². The second kappa shape index (κ2) is 10.6. The average Bonchev–Trinajstić information content (AvgIpc) is 3.44. The molecular formula is C26H30N2O6S2. The van der Waals surface area contributed by atoms with Crippen LogP contribution in [-0.2, 0) is 31.9 Å². The smallest absolute Gasteiger partial charge is 0.341 e. The first-order valence-electron chi connectivity index (χ1n) is 12.1. The predicted molar refractivity (Wildman–Crippen MR) is 140 cm³/mol. The summed E-state index contributed by atoms with van der Waals surface area (Å²) in [5.74, 6) is -1.45. The number of rotatable bonds is 7. The maximum Gasteiger partial charge on any atom is 0.341 e. The number of carbonyl (C=O) groups excluding carboxylic acids is 4. The maximum atomic E-state index is 13.0. The summed E-state index contributed by atoms with van der Waals surface area (Å²) in [6.45, 7) is 9.31. The molecule has 36 heavy (non-hydrogen) atoms. The van der Waals surface area contributed by atoms with Gasteiger partial charge in [-0.15, -0.1) is 11.3 Å². The lowest BCUT2D eigenvalue weighted by Crippen LogP contribution is -2.42. The standard InChI is InChI=1S/C26H30N2O6S2/c1-6-33-24(30)16(5)28-22(29)20(36-26(28)32)13-17-12-14(3)27(15(17)4)23-21(25(31)34-7-2)18-10-8-9-11-19(18)35-23/h12-13,16H,6-11H2,1-5H3/b20-13+/t16-/m0/s1. The molecule has 0 aromatic carbocycles. The first-order chi connectivity index (χ1) is 17.2. The van der Waals surface area contributed by atoms with Crippen molar-refractivity contribution in [3.05, 3.63) is 43.9 Å². The van der Waals surface area contributed by atoms with Crippen LogP contribution in [0.1, 0.15) is 71.4 Å². The number of thioether (sulfide) groups is 1. The van der Waals surface area contributed by atoms with Crippen LogP contribution in [0, 0.1) is 13.8 Å². The number of aryl methyl sites for hydroxylation is 2. The number of hydrogen-bond donors (Lipinski definition) is 0. The molecule has 1 aliphatic heterocycles. The molecule has 0 unspecified atom stereocenters. The summed E-state index contributed by atoms with van der Waals surface area (Å²) in [5.41, 5.74) is 4.24. The Morgan fingerprint density at radius 2 is 1.81 bits per heavy atom. The first-order valence-corrected chi connectivity index (χ1v) is 13.8. The molecule has 0 radical (unpaired) electrons. The highest BCUT2D eigenvalue weighted by Crippen LogP contribution is 2.40. The van der Waals surface area contributed by atoms with E-state index >= 15 is 0 Å². The molecule has 1 fully saturated rings. The second-order valence-corrected chi connectivity index (χ2v) is 10.8. The van der Waals surface area contributed by atoms with Crippen molar-refractivity contribution in [1.82, 2.24) is 9.47 Å². The molecule has 1 saturated heterocycles. The van der Waals surface area contributed by atoms with E-state index in [4.69, 9.17) is 9.47 Å². The summed E-state index contributed by atoms with van der Waals surface area (Å²) in [6, 6.07) is 0.937. The van der Waals surface area contributed by atoms with Crippen LogP contribution in [0.4, 0.5) is 4.79 Å². The predicted octanol–water partition coefficient (Wildman–Crippen LogP) is 5.20. The summed E-state index contributed by atoms with van der Waals surface area (Å²) >= 11 is 2.43. The minimum absolute atomic E-state index is 0.168. The van der Waals surface area contributed by atoms with E-state index in [1.54, 1.807) is 31.3 Å². The van der Waals surface area contributed by atoms with Crippen molar-refractivity contribution in [3.63, 3.8) is 0 Å².